The summed E-state index contributed by atoms with van der Waals surface area (Å²) in [6.07, 6.45) is 5.21. The number of amides is 2. The Bertz CT molecular complexity index is 519. The van der Waals surface area contributed by atoms with E-state index in [1.165, 1.54) is 12.3 Å². The number of hydrogen-bond donors (Lipinski definition) is 2. The third-order valence-electron chi connectivity index (χ3n) is 3.62. The number of anilines is 1. The van der Waals surface area contributed by atoms with Crippen molar-refractivity contribution in [3.63, 3.8) is 0 Å². The lowest BCUT2D eigenvalue weighted by molar-refractivity contribution is -0.140. The Hall–Kier alpha value is -2.11. The molecule has 1 atom stereocenters. The van der Waals surface area contributed by atoms with Crippen LogP contribution in [0, 0.1) is 0 Å². The zero-order chi connectivity index (χ0) is 15.2. The number of nitrogens with one attached hydrogen (secondary N) is 1. The lowest BCUT2D eigenvalue weighted by atomic mass is 10.0. The highest BCUT2D eigenvalue weighted by atomic mass is 16.3. The molecule has 1 fully saturated rings. The van der Waals surface area contributed by atoms with Crippen LogP contribution in [0.1, 0.15) is 39.0 Å². The smallest absolute Gasteiger partial charge is 0.248 e. The van der Waals surface area contributed by atoms with Gasteiger partial charge in [-0.3, -0.25) is 9.59 Å². The Labute approximate surface area is 124 Å². The van der Waals surface area contributed by atoms with E-state index in [0.717, 1.165) is 19.3 Å². The number of aromatic nitrogens is 1. The van der Waals surface area contributed by atoms with E-state index in [4.69, 9.17) is 0 Å². The van der Waals surface area contributed by atoms with Gasteiger partial charge in [-0.25, -0.2) is 4.98 Å². The van der Waals surface area contributed by atoms with Gasteiger partial charge in [-0.1, -0.05) is 6.92 Å². The highest BCUT2D eigenvalue weighted by Gasteiger charge is 2.32. The predicted molar refractivity (Wildman–Crippen MR) is 78.8 cm³/mol. The van der Waals surface area contributed by atoms with Gasteiger partial charge in [-0.15, -0.1) is 0 Å². The summed E-state index contributed by atoms with van der Waals surface area (Å²) in [6.45, 7) is 2.56. The van der Waals surface area contributed by atoms with Crippen LogP contribution in [-0.4, -0.2) is 39.4 Å². The van der Waals surface area contributed by atoms with Crippen LogP contribution in [0.2, 0.25) is 0 Å². The Kier molecular flexibility index (Phi) is 5.14. The van der Waals surface area contributed by atoms with Crippen LogP contribution < -0.4 is 5.32 Å². The van der Waals surface area contributed by atoms with Crippen molar-refractivity contribution >= 4 is 17.6 Å². The maximum absolute atomic E-state index is 12.4. The van der Waals surface area contributed by atoms with Crippen molar-refractivity contribution in [1.82, 2.24) is 9.88 Å². The number of carbonyl (C=O) groups excluding carboxylic acids is 2. The number of rotatable bonds is 4. The lowest BCUT2D eigenvalue weighted by Gasteiger charge is -2.34. The molecule has 1 aromatic heterocycles. The summed E-state index contributed by atoms with van der Waals surface area (Å²) >= 11 is 0. The SMILES string of the molecule is CCCC(=O)N1CCCCC1C(=O)Nc1ncccc1O. The number of carbonyl (C=O) groups is 2. The zero-order valence-electron chi connectivity index (χ0n) is 12.2. The van der Waals surface area contributed by atoms with Crippen LogP contribution in [0.4, 0.5) is 5.82 Å². The molecule has 6 heteroatoms. The second-order valence-corrected chi connectivity index (χ2v) is 5.21. The van der Waals surface area contributed by atoms with E-state index >= 15 is 0 Å². The molecule has 1 unspecified atom stereocenters. The quantitative estimate of drug-likeness (QED) is 0.887. The minimum Gasteiger partial charge on any atom is -0.504 e. The Morgan fingerprint density at radius 2 is 2.29 bits per heavy atom. The van der Waals surface area contributed by atoms with E-state index in [-0.39, 0.29) is 23.4 Å². The van der Waals surface area contributed by atoms with Crippen LogP contribution in [0.3, 0.4) is 0 Å². The van der Waals surface area contributed by atoms with Crippen molar-refractivity contribution in [2.75, 3.05) is 11.9 Å². The van der Waals surface area contributed by atoms with Gasteiger partial charge in [0.2, 0.25) is 11.8 Å². The van der Waals surface area contributed by atoms with E-state index in [2.05, 4.69) is 10.3 Å². The molecule has 6 nitrogen and oxygen atoms in total. The van der Waals surface area contributed by atoms with Gasteiger partial charge in [-0.05, 0) is 37.8 Å². The largest absolute Gasteiger partial charge is 0.504 e. The third-order valence-corrected chi connectivity index (χ3v) is 3.62. The van der Waals surface area contributed by atoms with Crippen molar-refractivity contribution in [2.24, 2.45) is 0 Å². The molecule has 0 aromatic carbocycles. The van der Waals surface area contributed by atoms with E-state index in [1.807, 2.05) is 6.92 Å². The molecule has 1 saturated heterocycles. The molecule has 0 radical (unpaired) electrons. The second-order valence-electron chi connectivity index (χ2n) is 5.21. The van der Waals surface area contributed by atoms with Crippen molar-refractivity contribution in [1.29, 1.82) is 0 Å². The van der Waals surface area contributed by atoms with E-state index in [0.29, 0.717) is 19.4 Å². The maximum Gasteiger partial charge on any atom is 0.248 e. The van der Waals surface area contributed by atoms with Gasteiger partial charge in [0.1, 0.15) is 6.04 Å². The van der Waals surface area contributed by atoms with Crippen molar-refractivity contribution in [2.45, 2.75) is 45.1 Å². The molecule has 2 heterocycles. The molecule has 1 aromatic rings. The lowest BCUT2D eigenvalue weighted by Crippen LogP contribution is -2.50. The molecular weight excluding hydrogens is 270 g/mol. The summed E-state index contributed by atoms with van der Waals surface area (Å²) in [6, 6.07) is 2.57. The van der Waals surface area contributed by atoms with Crippen molar-refractivity contribution in [3.05, 3.63) is 18.3 Å². The number of pyridine rings is 1. The fourth-order valence-corrected chi connectivity index (χ4v) is 2.55. The molecule has 0 spiro atoms. The first-order valence-electron chi connectivity index (χ1n) is 7.37. The molecule has 2 N–H and O–H groups in total. The molecule has 0 saturated carbocycles. The average molecular weight is 291 g/mol. The maximum atomic E-state index is 12.4. The average Bonchev–Trinajstić information content (AvgIpc) is 2.50. The molecule has 0 bridgehead atoms. The van der Waals surface area contributed by atoms with Crippen LogP contribution in [0.5, 0.6) is 5.75 Å². The van der Waals surface area contributed by atoms with E-state index in [9.17, 15) is 14.7 Å². The minimum absolute atomic E-state index is 0.0163. The summed E-state index contributed by atoms with van der Waals surface area (Å²) in [4.78, 5) is 30.1. The number of aromatic hydroxyl groups is 1. The summed E-state index contributed by atoms with van der Waals surface area (Å²) in [5, 5.41) is 12.3. The number of piperidine rings is 1. The molecule has 2 amide bonds. The molecule has 2 rings (SSSR count). The molecule has 114 valence electrons. The number of nitrogens with zero attached hydrogens (tertiary/aromatic N) is 2. The molecule has 1 aliphatic rings. The number of hydrogen-bond acceptors (Lipinski definition) is 4. The van der Waals surface area contributed by atoms with Gasteiger partial charge in [0.25, 0.3) is 0 Å². The second kappa shape index (κ2) is 7.06. The van der Waals surface area contributed by atoms with Gasteiger partial charge < -0.3 is 15.3 Å². The van der Waals surface area contributed by atoms with Gasteiger partial charge in [0.05, 0.1) is 0 Å². The fourth-order valence-electron chi connectivity index (χ4n) is 2.55. The molecule has 1 aliphatic heterocycles. The van der Waals surface area contributed by atoms with Gasteiger partial charge in [-0.2, -0.15) is 0 Å². The normalized spacial score (nSPS) is 18.3. The Morgan fingerprint density at radius 1 is 1.48 bits per heavy atom. The topological polar surface area (TPSA) is 82.5 Å². The van der Waals surface area contributed by atoms with Gasteiger partial charge in [0, 0.05) is 19.2 Å². The summed E-state index contributed by atoms with van der Waals surface area (Å²) < 4.78 is 0. The van der Waals surface area contributed by atoms with Crippen molar-refractivity contribution < 1.29 is 14.7 Å². The summed E-state index contributed by atoms with van der Waals surface area (Å²) in [7, 11) is 0. The minimum atomic E-state index is -0.473. The molecular formula is C15H21N3O3. The first kappa shape index (κ1) is 15.3. The Morgan fingerprint density at radius 3 is 3.00 bits per heavy atom. The standard InChI is InChI=1S/C15H21N3O3/c1-2-6-13(20)18-10-4-3-7-11(18)15(21)17-14-12(19)8-5-9-16-14/h5,8-9,11,19H,2-4,6-7,10H2,1H3,(H,16,17,21). The number of likely N-dealkylation sites (tertiary alicyclic amines) is 1. The van der Waals surface area contributed by atoms with Gasteiger partial charge in [0.15, 0.2) is 11.6 Å². The fraction of sp³-hybridized carbons (Fsp3) is 0.533. The first-order chi connectivity index (χ1) is 10.1. The predicted octanol–water partition coefficient (Wildman–Crippen LogP) is 1.91. The van der Waals surface area contributed by atoms with Crippen LogP contribution in [0.25, 0.3) is 0 Å². The highest BCUT2D eigenvalue weighted by molar-refractivity contribution is 5.97. The van der Waals surface area contributed by atoms with Gasteiger partial charge >= 0.3 is 0 Å². The third kappa shape index (κ3) is 3.71. The van der Waals surface area contributed by atoms with Crippen molar-refractivity contribution in [3.8, 4) is 5.75 Å². The van der Waals surface area contributed by atoms with E-state index in [1.54, 1.807) is 11.0 Å². The summed E-state index contributed by atoms with van der Waals surface area (Å²) in [5.41, 5.74) is 0. The molecule has 21 heavy (non-hydrogen) atoms. The first-order valence-corrected chi connectivity index (χ1v) is 7.37. The highest BCUT2D eigenvalue weighted by Crippen LogP contribution is 2.22. The molecule has 0 aliphatic carbocycles. The van der Waals surface area contributed by atoms with Crippen LogP contribution in [0.15, 0.2) is 18.3 Å². The Balaban J connectivity index is 2.08. The van der Waals surface area contributed by atoms with Crippen LogP contribution >= 0.6 is 0 Å². The zero-order valence-corrected chi connectivity index (χ0v) is 12.2. The summed E-state index contributed by atoms with van der Waals surface area (Å²) in [5.74, 6) is -0.209. The van der Waals surface area contributed by atoms with E-state index < -0.39 is 6.04 Å². The monoisotopic (exact) mass is 291 g/mol. The van der Waals surface area contributed by atoms with Crippen LogP contribution in [-0.2, 0) is 9.59 Å².